The molecule has 2 unspecified atom stereocenters. The predicted molar refractivity (Wildman–Crippen MR) is 142 cm³/mol. The van der Waals surface area contributed by atoms with Gasteiger partial charge in [0.2, 0.25) is 0 Å². The van der Waals surface area contributed by atoms with Gasteiger partial charge in [-0.15, -0.1) is 0 Å². The number of hydrazone groups is 1. The van der Waals surface area contributed by atoms with Gasteiger partial charge in [-0.2, -0.15) is 5.10 Å². The molecule has 0 N–H and O–H groups in total. The summed E-state index contributed by atoms with van der Waals surface area (Å²) in [5, 5.41) is 6.68. The molecule has 5 nitrogen and oxygen atoms in total. The third-order valence-electron chi connectivity index (χ3n) is 6.71. The molecule has 1 heterocycles. The number of hydrogen-bond acceptors (Lipinski definition) is 4. The Kier molecular flexibility index (Phi) is 6.73. The van der Waals surface area contributed by atoms with Gasteiger partial charge in [0.15, 0.2) is 0 Å². The number of nitrogens with zero attached hydrogens (tertiary/aromatic N) is 2. The molecule has 3 aromatic carbocycles. The van der Waals surface area contributed by atoms with Crippen molar-refractivity contribution >= 4 is 33.6 Å². The van der Waals surface area contributed by atoms with E-state index in [1.807, 2.05) is 60.7 Å². The lowest BCUT2D eigenvalue weighted by atomic mass is 9.77. The van der Waals surface area contributed by atoms with Crippen molar-refractivity contribution in [3.63, 3.8) is 0 Å². The van der Waals surface area contributed by atoms with E-state index in [1.54, 1.807) is 19.2 Å². The van der Waals surface area contributed by atoms with Crippen molar-refractivity contribution in [2.24, 2.45) is 11.0 Å². The molecule has 6 heteroatoms. The van der Waals surface area contributed by atoms with Crippen molar-refractivity contribution in [3.05, 3.63) is 99.5 Å². The van der Waals surface area contributed by atoms with Gasteiger partial charge in [-0.1, -0.05) is 40.2 Å². The Morgan fingerprint density at radius 3 is 2.20 bits per heavy atom. The molecule has 1 amide bonds. The summed E-state index contributed by atoms with van der Waals surface area (Å²) >= 11 is 3.46. The molecule has 2 aliphatic rings. The van der Waals surface area contributed by atoms with Gasteiger partial charge >= 0.3 is 0 Å². The molecule has 1 saturated carbocycles. The zero-order valence-corrected chi connectivity index (χ0v) is 21.4. The molecule has 3 aromatic rings. The fourth-order valence-corrected chi connectivity index (χ4v) is 5.19. The lowest BCUT2D eigenvalue weighted by molar-refractivity contribution is 0.0681. The highest BCUT2D eigenvalue weighted by molar-refractivity contribution is 9.10. The van der Waals surface area contributed by atoms with Crippen LogP contribution in [0.2, 0.25) is 0 Å². The van der Waals surface area contributed by atoms with Crippen LogP contribution < -0.4 is 9.47 Å². The average Bonchev–Trinajstić information content (AvgIpc) is 3.30. The van der Waals surface area contributed by atoms with Gasteiger partial charge in [0.1, 0.15) is 11.5 Å². The van der Waals surface area contributed by atoms with Crippen LogP contribution in [-0.2, 0) is 0 Å². The van der Waals surface area contributed by atoms with Crippen LogP contribution in [0.5, 0.6) is 11.5 Å². The first-order valence-electron chi connectivity index (χ1n) is 11.7. The zero-order valence-electron chi connectivity index (χ0n) is 19.8. The van der Waals surface area contributed by atoms with Crippen molar-refractivity contribution in [2.45, 2.75) is 25.3 Å². The third-order valence-corrected chi connectivity index (χ3v) is 7.24. The molecule has 0 saturated heterocycles. The maximum atomic E-state index is 13.7. The van der Waals surface area contributed by atoms with Crippen LogP contribution in [0.15, 0.2) is 87.9 Å². The van der Waals surface area contributed by atoms with E-state index in [1.165, 1.54) is 5.57 Å². The highest BCUT2D eigenvalue weighted by Gasteiger charge is 2.43. The van der Waals surface area contributed by atoms with E-state index in [2.05, 4.69) is 34.1 Å². The summed E-state index contributed by atoms with van der Waals surface area (Å²) in [6.07, 6.45) is 5.18. The number of fused-ring (bicyclic) bond motifs is 1. The molecule has 178 valence electrons. The number of rotatable bonds is 5. The van der Waals surface area contributed by atoms with Crippen LogP contribution in [0.1, 0.15) is 46.8 Å². The number of ether oxygens (including phenoxy) is 2. The maximum absolute atomic E-state index is 13.7. The molecule has 2 atom stereocenters. The topological polar surface area (TPSA) is 51.1 Å². The zero-order chi connectivity index (χ0) is 24.4. The number of carbonyl (C=O) groups excluding carboxylic acids is 1. The Labute approximate surface area is 214 Å². The smallest absolute Gasteiger partial charge is 0.274 e. The molecule has 1 aliphatic heterocycles. The summed E-state index contributed by atoms with van der Waals surface area (Å²) in [4.78, 5) is 13.7. The van der Waals surface area contributed by atoms with Crippen LogP contribution in [-0.4, -0.2) is 30.8 Å². The molecule has 0 spiro atoms. The highest BCUT2D eigenvalue weighted by Crippen LogP contribution is 2.45. The quantitative estimate of drug-likeness (QED) is 0.360. The summed E-state index contributed by atoms with van der Waals surface area (Å²) in [5.74, 6) is 1.67. The summed E-state index contributed by atoms with van der Waals surface area (Å²) in [6.45, 7) is 0. The second-order valence-corrected chi connectivity index (χ2v) is 9.72. The molecular formula is C29H27BrN2O3. The largest absolute Gasteiger partial charge is 0.497 e. The Morgan fingerprint density at radius 2 is 1.57 bits per heavy atom. The second-order valence-electron chi connectivity index (χ2n) is 8.80. The number of carbonyl (C=O) groups is 1. The van der Waals surface area contributed by atoms with E-state index in [-0.39, 0.29) is 17.9 Å². The molecule has 1 fully saturated rings. The van der Waals surface area contributed by atoms with E-state index in [4.69, 9.17) is 14.6 Å². The van der Waals surface area contributed by atoms with E-state index < -0.39 is 0 Å². The standard InChI is InChI=1S/C29H27BrN2O3/c1-34-24-14-6-19(7-15-24)18-22-4-3-5-26-27(22)31-32(29(33)21-8-12-23(30)13-9-21)28(26)20-10-16-25(35-2)17-11-20/h6-18,26,28H,3-5H2,1-2H3. The SMILES string of the molecule is COc1ccc(C=C2CCCC3C2=NN(C(=O)c2ccc(Br)cc2)C3c2ccc(OC)cc2)cc1. The second kappa shape index (κ2) is 10.1. The van der Waals surface area contributed by atoms with E-state index in [0.717, 1.165) is 52.1 Å². The van der Waals surface area contributed by atoms with Crippen molar-refractivity contribution in [1.82, 2.24) is 5.01 Å². The number of hydrogen-bond donors (Lipinski definition) is 0. The predicted octanol–water partition coefficient (Wildman–Crippen LogP) is 6.90. The Morgan fingerprint density at radius 1 is 0.943 bits per heavy atom. The summed E-state index contributed by atoms with van der Waals surface area (Å²) in [7, 11) is 3.33. The van der Waals surface area contributed by atoms with Crippen molar-refractivity contribution in [1.29, 1.82) is 0 Å². The monoisotopic (exact) mass is 530 g/mol. The minimum absolute atomic E-state index is 0.0935. The number of methoxy groups -OCH3 is 2. The fourth-order valence-electron chi connectivity index (χ4n) is 4.93. The van der Waals surface area contributed by atoms with E-state index in [0.29, 0.717) is 5.56 Å². The first-order chi connectivity index (χ1) is 17.1. The Balaban J connectivity index is 1.55. The molecule has 35 heavy (non-hydrogen) atoms. The van der Waals surface area contributed by atoms with Gasteiger partial charge in [0.25, 0.3) is 5.91 Å². The van der Waals surface area contributed by atoms with Crippen LogP contribution in [0.4, 0.5) is 0 Å². The minimum Gasteiger partial charge on any atom is -0.497 e. The maximum Gasteiger partial charge on any atom is 0.274 e. The number of amides is 1. The van der Waals surface area contributed by atoms with Crippen LogP contribution in [0.25, 0.3) is 6.08 Å². The number of halogens is 1. The van der Waals surface area contributed by atoms with Gasteiger partial charge in [0, 0.05) is 16.0 Å². The Bertz CT molecular complexity index is 1260. The first kappa shape index (κ1) is 23.4. The molecule has 0 bridgehead atoms. The van der Waals surface area contributed by atoms with Crippen LogP contribution >= 0.6 is 15.9 Å². The molecule has 0 radical (unpaired) electrons. The minimum atomic E-state index is -0.161. The van der Waals surface area contributed by atoms with E-state index >= 15 is 0 Å². The van der Waals surface area contributed by atoms with Gasteiger partial charge < -0.3 is 9.47 Å². The number of benzene rings is 3. The van der Waals surface area contributed by atoms with Crippen molar-refractivity contribution in [3.8, 4) is 11.5 Å². The third kappa shape index (κ3) is 4.76. The Hall–Kier alpha value is -3.38. The first-order valence-corrected chi connectivity index (χ1v) is 12.5. The van der Waals surface area contributed by atoms with Crippen LogP contribution in [0, 0.1) is 5.92 Å². The van der Waals surface area contributed by atoms with Gasteiger partial charge in [-0.05, 0) is 90.6 Å². The van der Waals surface area contributed by atoms with Crippen molar-refractivity contribution < 1.29 is 14.3 Å². The van der Waals surface area contributed by atoms with Gasteiger partial charge in [-0.25, -0.2) is 5.01 Å². The van der Waals surface area contributed by atoms with Crippen LogP contribution in [0.3, 0.4) is 0 Å². The number of allylic oxidation sites excluding steroid dienone is 1. The summed E-state index contributed by atoms with van der Waals surface area (Å²) in [5.41, 5.74) is 4.98. The fraction of sp³-hybridized carbons (Fsp3) is 0.241. The molecular weight excluding hydrogens is 504 g/mol. The molecule has 1 aliphatic carbocycles. The molecule has 0 aromatic heterocycles. The summed E-state index contributed by atoms with van der Waals surface area (Å²) in [6, 6.07) is 23.3. The average molecular weight is 531 g/mol. The van der Waals surface area contributed by atoms with E-state index in [9.17, 15) is 4.79 Å². The van der Waals surface area contributed by atoms with Gasteiger partial charge in [0.05, 0.1) is 26.0 Å². The highest BCUT2D eigenvalue weighted by atomic mass is 79.9. The summed E-state index contributed by atoms with van der Waals surface area (Å²) < 4.78 is 11.6. The van der Waals surface area contributed by atoms with Gasteiger partial charge in [-0.3, -0.25) is 4.79 Å². The normalized spacial score (nSPS) is 20.4. The molecule has 5 rings (SSSR count). The van der Waals surface area contributed by atoms with Crippen molar-refractivity contribution in [2.75, 3.05) is 14.2 Å². The lowest BCUT2D eigenvalue weighted by Gasteiger charge is -2.29. The lowest BCUT2D eigenvalue weighted by Crippen LogP contribution is -2.31.